The van der Waals surface area contributed by atoms with Gasteiger partial charge in [-0.15, -0.1) is 5.10 Å². The first-order valence-electron chi connectivity index (χ1n) is 4.92. The van der Waals surface area contributed by atoms with E-state index in [1.165, 1.54) is 0 Å². The molecule has 2 aromatic rings. The second kappa shape index (κ2) is 3.84. The number of carbonyl (C=O) groups excluding carboxylic acids is 1. The van der Waals surface area contributed by atoms with Crippen molar-refractivity contribution in [1.82, 2.24) is 19.7 Å². The van der Waals surface area contributed by atoms with E-state index in [1.54, 1.807) is 11.7 Å². The third-order valence-corrected chi connectivity index (χ3v) is 2.46. The lowest BCUT2D eigenvalue weighted by Gasteiger charge is -2.02. The van der Waals surface area contributed by atoms with Crippen LogP contribution in [0, 0.1) is 13.8 Å². The molecule has 0 atom stereocenters. The summed E-state index contributed by atoms with van der Waals surface area (Å²) in [6, 6.07) is 3.86. The van der Waals surface area contributed by atoms with Crippen LogP contribution in [0.5, 0.6) is 0 Å². The molecule has 0 radical (unpaired) electrons. The second-order valence-electron chi connectivity index (χ2n) is 3.63. The summed E-state index contributed by atoms with van der Waals surface area (Å²) in [7, 11) is 1.74. The Morgan fingerprint density at radius 2 is 2.00 bits per heavy atom. The van der Waals surface area contributed by atoms with Gasteiger partial charge < -0.3 is 0 Å². The highest BCUT2D eigenvalue weighted by Gasteiger charge is 2.10. The predicted molar refractivity (Wildman–Crippen MR) is 59.1 cm³/mol. The molecule has 0 aliphatic heterocycles. The lowest BCUT2D eigenvalue weighted by Crippen LogP contribution is -1.98. The van der Waals surface area contributed by atoms with Crippen molar-refractivity contribution in [3.8, 4) is 11.5 Å². The monoisotopic (exact) mass is 216 g/mol. The average molecular weight is 216 g/mol. The quantitative estimate of drug-likeness (QED) is 0.710. The summed E-state index contributed by atoms with van der Waals surface area (Å²) in [5, 5.41) is 3.96. The first-order chi connectivity index (χ1) is 7.61. The molecule has 0 spiro atoms. The zero-order valence-electron chi connectivity index (χ0n) is 9.43. The second-order valence-corrected chi connectivity index (χ2v) is 3.63. The number of carbonyl (C=O) groups is 1. The van der Waals surface area contributed by atoms with Crippen molar-refractivity contribution in [1.29, 1.82) is 0 Å². The third kappa shape index (κ3) is 1.71. The molecule has 0 N–H and O–H groups in total. The van der Waals surface area contributed by atoms with Crippen LogP contribution in [-0.4, -0.2) is 26.0 Å². The Kier molecular flexibility index (Phi) is 2.52. The van der Waals surface area contributed by atoms with Crippen molar-refractivity contribution in [3.05, 3.63) is 29.2 Å². The van der Waals surface area contributed by atoms with E-state index in [1.807, 2.05) is 26.0 Å². The largest absolute Gasteiger partial charge is 0.294 e. The Hall–Kier alpha value is -2.04. The molecule has 0 saturated carbocycles. The van der Waals surface area contributed by atoms with Gasteiger partial charge in [0.25, 0.3) is 0 Å². The fraction of sp³-hybridized carbons (Fsp3) is 0.273. The molecule has 0 amide bonds. The van der Waals surface area contributed by atoms with Crippen molar-refractivity contribution in [2.75, 3.05) is 0 Å². The molecule has 0 bridgehead atoms. The number of pyridine rings is 1. The number of nitrogens with zero attached hydrogens (tertiary/aromatic N) is 4. The van der Waals surface area contributed by atoms with Gasteiger partial charge in [-0.25, -0.2) is 14.6 Å². The van der Waals surface area contributed by atoms with Crippen LogP contribution in [0.25, 0.3) is 11.5 Å². The summed E-state index contributed by atoms with van der Waals surface area (Å²) in [4.78, 5) is 19.1. The first kappa shape index (κ1) is 10.5. The highest BCUT2D eigenvalue weighted by Crippen LogP contribution is 2.15. The van der Waals surface area contributed by atoms with E-state index in [2.05, 4.69) is 15.1 Å². The molecule has 0 aromatic carbocycles. The van der Waals surface area contributed by atoms with Gasteiger partial charge in [-0.2, -0.15) is 0 Å². The van der Waals surface area contributed by atoms with E-state index >= 15 is 0 Å². The van der Waals surface area contributed by atoms with Crippen molar-refractivity contribution in [2.45, 2.75) is 13.8 Å². The molecule has 5 nitrogen and oxygen atoms in total. The van der Waals surface area contributed by atoms with Crippen LogP contribution in [-0.2, 0) is 7.05 Å². The zero-order valence-corrected chi connectivity index (χ0v) is 9.43. The zero-order chi connectivity index (χ0) is 11.7. The number of aldehydes is 1. The molecule has 0 aliphatic rings. The molecule has 82 valence electrons. The van der Waals surface area contributed by atoms with Crippen molar-refractivity contribution in [2.24, 2.45) is 7.05 Å². The maximum absolute atomic E-state index is 10.6. The van der Waals surface area contributed by atoms with Gasteiger partial charge in [0.1, 0.15) is 5.69 Å². The highest BCUT2D eigenvalue weighted by atomic mass is 16.1. The smallest absolute Gasteiger partial charge is 0.214 e. The lowest BCUT2D eigenvalue weighted by molar-refractivity contribution is 0.111. The number of hydrogen-bond acceptors (Lipinski definition) is 4. The van der Waals surface area contributed by atoms with E-state index in [0.29, 0.717) is 12.1 Å². The molecular weight excluding hydrogens is 204 g/mol. The first-order valence-corrected chi connectivity index (χ1v) is 4.92. The van der Waals surface area contributed by atoms with Gasteiger partial charge in [0, 0.05) is 12.7 Å². The summed E-state index contributed by atoms with van der Waals surface area (Å²) in [5.74, 6) is 0.780. The van der Waals surface area contributed by atoms with Crippen LogP contribution in [0.15, 0.2) is 12.1 Å². The number of rotatable bonds is 2. The molecule has 0 fully saturated rings. The van der Waals surface area contributed by atoms with E-state index in [-0.39, 0.29) is 5.82 Å². The molecule has 0 aliphatic carbocycles. The minimum absolute atomic E-state index is 0.178. The topological polar surface area (TPSA) is 60.7 Å². The van der Waals surface area contributed by atoms with Gasteiger partial charge in [0.05, 0.1) is 0 Å². The van der Waals surface area contributed by atoms with Crippen LogP contribution in [0.1, 0.15) is 21.9 Å². The van der Waals surface area contributed by atoms with E-state index in [4.69, 9.17) is 0 Å². The summed E-state index contributed by atoms with van der Waals surface area (Å²) in [6.45, 7) is 3.94. The third-order valence-electron chi connectivity index (χ3n) is 2.46. The Balaban J connectivity index is 2.53. The maximum atomic E-state index is 10.6. The van der Waals surface area contributed by atoms with E-state index in [9.17, 15) is 4.79 Å². The van der Waals surface area contributed by atoms with Gasteiger partial charge in [-0.3, -0.25) is 4.79 Å². The van der Waals surface area contributed by atoms with Gasteiger partial charge in [-0.05, 0) is 25.5 Å². The maximum Gasteiger partial charge on any atom is 0.214 e. The SMILES string of the molecule is Cc1ccc(-c2nc(C=O)nn2C)nc1C. The molecule has 16 heavy (non-hydrogen) atoms. The number of aryl methyl sites for hydroxylation is 3. The number of hydrogen-bond donors (Lipinski definition) is 0. The minimum atomic E-state index is 0.178. The Labute approximate surface area is 93.2 Å². The molecule has 0 unspecified atom stereocenters. The predicted octanol–water partition coefficient (Wildman–Crippen LogP) is 1.31. The number of aromatic nitrogens is 4. The van der Waals surface area contributed by atoms with Crippen LogP contribution in [0.3, 0.4) is 0 Å². The van der Waals surface area contributed by atoms with Gasteiger partial charge >= 0.3 is 0 Å². The summed E-state index contributed by atoms with van der Waals surface area (Å²) < 4.78 is 1.56. The van der Waals surface area contributed by atoms with Gasteiger partial charge in [-0.1, -0.05) is 6.07 Å². The van der Waals surface area contributed by atoms with Crippen molar-refractivity contribution in [3.63, 3.8) is 0 Å². The summed E-state index contributed by atoms with van der Waals surface area (Å²) in [5.41, 5.74) is 2.81. The Bertz CT molecular complexity index is 545. The summed E-state index contributed by atoms with van der Waals surface area (Å²) >= 11 is 0. The van der Waals surface area contributed by atoms with Gasteiger partial charge in [0.2, 0.25) is 5.82 Å². The normalized spacial score (nSPS) is 10.4. The van der Waals surface area contributed by atoms with Crippen LogP contribution >= 0.6 is 0 Å². The van der Waals surface area contributed by atoms with Crippen LogP contribution < -0.4 is 0 Å². The fourth-order valence-corrected chi connectivity index (χ4v) is 1.43. The Morgan fingerprint density at radius 1 is 1.25 bits per heavy atom. The Morgan fingerprint density at radius 3 is 2.56 bits per heavy atom. The van der Waals surface area contributed by atoms with Gasteiger partial charge in [0.15, 0.2) is 12.1 Å². The van der Waals surface area contributed by atoms with E-state index in [0.717, 1.165) is 17.0 Å². The van der Waals surface area contributed by atoms with Crippen LogP contribution in [0.4, 0.5) is 0 Å². The highest BCUT2D eigenvalue weighted by molar-refractivity contribution is 5.70. The molecule has 2 heterocycles. The minimum Gasteiger partial charge on any atom is -0.294 e. The molecule has 2 aromatic heterocycles. The van der Waals surface area contributed by atoms with Crippen LogP contribution in [0.2, 0.25) is 0 Å². The standard InChI is InChI=1S/C11H12N4O/c1-7-4-5-9(12-8(7)2)11-13-10(6-16)14-15(11)3/h4-6H,1-3H3. The van der Waals surface area contributed by atoms with Crippen molar-refractivity contribution < 1.29 is 4.79 Å². The average Bonchev–Trinajstić information content (AvgIpc) is 2.64. The molecular formula is C11H12N4O. The van der Waals surface area contributed by atoms with E-state index < -0.39 is 0 Å². The molecule has 2 rings (SSSR count). The fourth-order valence-electron chi connectivity index (χ4n) is 1.43. The molecule has 5 heteroatoms. The van der Waals surface area contributed by atoms with Crippen molar-refractivity contribution >= 4 is 6.29 Å². The summed E-state index contributed by atoms with van der Waals surface area (Å²) in [6.07, 6.45) is 0.630. The lowest BCUT2D eigenvalue weighted by atomic mass is 10.2. The molecule has 0 saturated heterocycles.